The summed E-state index contributed by atoms with van der Waals surface area (Å²) >= 11 is 0. The van der Waals surface area contributed by atoms with E-state index in [9.17, 15) is 4.79 Å². The number of rotatable bonds is 4. The predicted octanol–water partition coefficient (Wildman–Crippen LogP) is 3.60. The van der Waals surface area contributed by atoms with Crippen LogP contribution >= 0.6 is 0 Å². The summed E-state index contributed by atoms with van der Waals surface area (Å²) in [7, 11) is 0. The molecule has 2 aliphatic rings. The highest BCUT2D eigenvalue weighted by Gasteiger charge is 2.30. The van der Waals surface area contributed by atoms with E-state index in [4.69, 9.17) is 21.4 Å². The van der Waals surface area contributed by atoms with Gasteiger partial charge in [0.25, 0.3) is 5.91 Å². The molecule has 0 saturated carbocycles. The molecule has 1 aromatic carbocycles. The second-order valence-electron chi connectivity index (χ2n) is 10.9. The van der Waals surface area contributed by atoms with Gasteiger partial charge in [-0.25, -0.2) is 4.98 Å². The Morgan fingerprint density at radius 2 is 1.85 bits per heavy atom. The van der Waals surface area contributed by atoms with Crippen LogP contribution in [0.25, 0.3) is 22.4 Å². The van der Waals surface area contributed by atoms with Crippen molar-refractivity contribution in [1.82, 2.24) is 39.2 Å². The number of amides is 1. The van der Waals surface area contributed by atoms with Gasteiger partial charge in [0.1, 0.15) is 11.5 Å². The molecule has 0 spiro atoms. The third-order valence-corrected chi connectivity index (χ3v) is 8.30. The number of benzene rings is 1. The van der Waals surface area contributed by atoms with E-state index in [0.29, 0.717) is 18.9 Å². The van der Waals surface area contributed by atoms with E-state index in [1.54, 1.807) is 9.42 Å². The first-order valence-electron chi connectivity index (χ1n) is 13.8. The Morgan fingerprint density at radius 1 is 1.07 bits per heavy atom. The summed E-state index contributed by atoms with van der Waals surface area (Å²) in [5, 5.41) is 11.9. The number of aromatic amines is 1. The smallest absolute Gasteiger partial charge is 0.291 e. The number of carbonyl (C=O) groups excluding carboxylic acids is 1. The zero-order valence-electron chi connectivity index (χ0n) is 22.9. The minimum Gasteiger partial charge on any atom is -0.383 e. The maximum absolute atomic E-state index is 12.8. The van der Waals surface area contributed by atoms with Crippen molar-refractivity contribution in [3.8, 4) is 0 Å². The fourth-order valence-corrected chi connectivity index (χ4v) is 6.14. The van der Waals surface area contributed by atoms with Crippen molar-refractivity contribution in [2.24, 2.45) is 10.9 Å². The highest BCUT2D eigenvalue weighted by atomic mass is 16.2. The van der Waals surface area contributed by atoms with Gasteiger partial charge < -0.3 is 20.9 Å². The molecule has 2 aliphatic heterocycles. The molecule has 4 aromatic heterocycles. The van der Waals surface area contributed by atoms with Gasteiger partial charge >= 0.3 is 0 Å². The summed E-state index contributed by atoms with van der Waals surface area (Å²) in [6.45, 7) is 5.42. The number of nitrogens with one attached hydrogen (secondary N) is 1. The topological polar surface area (TPSA) is 161 Å². The average Bonchev–Trinajstić information content (AvgIpc) is 3.71. The lowest BCUT2D eigenvalue weighted by molar-refractivity contribution is 0.0684. The molecule has 5 N–H and O–H groups in total. The summed E-state index contributed by atoms with van der Waals surface area (Å²) in [4.78, 5) is 28.6. The third kappa shape index (κ3) is 4.14. The summed E-state index contributed by atoms with van der Waals surface area (Å²) in [5.41, 5.74) is 18.0. The molecular formula is C29H31N11O. The van der Waals surface area contributed by atoms with Crippen LogP contribution in [0, 0.1) is 12.8 Å². The Hall–Kier alpha value is -5.00. The number of aryl methyl sites for hydroxylation is 1. The normalized spacial score (nSPS) is 19.8. The molecule has 1 saturated heterocycles. The van der Waals surface area contributed by atoms with Crippen molar-refractivity contribution in [3.63, 3.8) is 0 Å². The first-order valence-corrected chi connectivity index (χ1v) is 13.8. The van der Waals surface area contributed by atoms with E-state index in [-0.39, 0.29) is 35.6 Å². The van der Waals surface area contributed by atoms with Crippen molar-refractivity contribution < 1.29 is 4.79 Å². The van der Waals surface area contributed by atoms with Gasteiger partial charge in [0, 0.05) is 43.0 Å². The fraction of sp³-hybridized carbons (Fsp3) is 0.310. The Balaban J connectivity index is 1.19. The van der Waals surface area contributed by atoms with Gasteiger partial charge in [-0.2, -0.15) is 14.6 Å². The average molecular weight is 550 g/mol. The molecule has 6 heterocycles. The van der Waals surface area contributed by atoms with Crippen LogP contribution in [0.2, 0.25) is 0 Å². The molecule has 1 fully saturated rings. The monoisotopic (exact) mass is 549 g/mol. The number of nitrogens with two attached hydrogens (primary N) is 2. The van der Waals surface area contributed by atoms with Gasteiger partial charge in [-0.3, -0.25) is 14.9 Å². The molecule has 2 atom stereocenters. The number of piperidine rings is 1. The van der Waals surface area contributed by atoms with Crippen LogP contribution in [0.1, 0.15) is 59.0 Å². The van der Waals surface area contributed by atoms with E-state index in [0.717, 1.165) is 51.9 Å². The molecule has 12 nitrogen and oxygen atoms in total. The first-order chi connectivity index (χ1) is 19.9. The van der Waals surface area contributed by atoms with Gasteiger partial charge in [-0.1, -0.05) is 43.3 Å². The Morgan fingerprint density at radius 3 is 2.56 bits per heavy atom. The number of H-pyrrole nitrogens is 1. The van der Waals surface area contributed by atoms with Crippen LogP contribution < -0.4 is 11.5 Å². The summed E-state index contributed by atoms with van der Waals surface area (Å²) in [5.74, 6) is 0.830. The van der Waals surface area contributed by atoms with Crippen LogP contribution in [0.4, 0.5) is 11.8 Å². The number of likely N-dealkylation sites (tertiary alicyclic amines) is 1. The van der Waals surface area contributed by atoms with Gasteiger partial charge in [0.15, 0.2) is 5.65 Å². The van der Waals surface area contributed by atoms with E-state index < -0.39 is 0 Å². The SMILES string of the molecule is Cc1cn(C2CCN(C(=O)c3nc(N)n[nH]3)CC2)c2nc3c(C4C=NC(c5ccccc5)=CC4C)cnn3c(N)c12. The van der Waals surface area contributed by atoms with E-state index in [1.807, 2.05) is 37.5 Å². The fourth-order valence-electron chi connectivity index (χ4n) is 6.14. The number of nitrogens with zero attached hydrogens (tertiary/aromatic N) is 8. The van der Waals surface area contributed by atoms with Gasteiger partial charge in [0.2, 0.25) is 11.8 Å². The number of hydrogen-bond donors (Lipinski definition) is 3. The molecule has 12 heteroatoms. The van der Waals surface area contributed by atoms with Crippen LogP contribution in [0.3, 0.4) is 0 Å². The zero-order chi connectivity index (χ0) is 28.2. The van der Waals surface area contributed by atoms with E-state index >= 15 is 0 Å². The highest BCUT2D eigenvalue weighted by molar-refractivity contribution is 5.93. The van der Waals surface area contributed by atoms with Crippen molar-refractivity contribution in [1.29, 1.82) is 0 Å². The molecule has 2 unspecified atom stereocenters. The Labute approximate surface area is 235 Å². The first kappa shape index (κ1) is 25.0. The number of aromatic nitrogens is 7. The molecule has 0 aliphatic carbocycles. The molecular weight excluding hydrogens is 518 g/mol. The molecule has 0 radical (unpaired) electrons. The number of nitrogen functional groups attached to an aromatic ring is 2. The minimum atomic E-state index is -0.193. The Kier molecular flexibility index (Phi) is 5.84. The van der Waals surface area contributed by atoms with Crippen molar-refractivity contribution in [3.05, 3.63) is 71.3 Å². The van der Waals surface area contributed by atoms with Crippen molar-refractivity contribution in [2.45, 2.75) is 38.6 Å². The van der Waals surface area contributed by atoms with Crippen molar-refractivity contribution >= 4 is 46.3 Å². The second-order valence-corrected chi connectivity index (χ2v) is 10.9. The minimum absolute atomic E-state index is 0.0215. The van der Waals surface area contributed by atoms with Gasteiger partial charge in [0.05, 0.1) is 17.3 Å². The number of hydrogen-bond acceptors (Lipinski definition) is 8. The standard InChI is InChI=1S/C29H31N11O/c1-16-12-22(18-6-4-3-5-7-18)32-13-20(16)21-14-33-40-24(30)23-17(2)15-39(27(23)35-26(21)40)19-8-10-38(11-9-19)28(41)25-34-29(31)37-36-25/h3-7,12-16,19-20H,8-11,30H2,1-2H3,(H3,31,34,36,37). The van der Waals surface area contributed by atoms with Crippen LogP contribution in [-0.4, -0.2) is 64.5 Å². The molecule has 5 aromatic rings. The number of allylic oxidation sites excluding steroid dienone is 1. The van der Waals surface area contributed by atoms with Crippen LogP contribution in [0.15, 0.2) is 53.8 Å². The number of anilines is 2. The van der Waals surface area contributed by atoms with Gasteiger partial charge in [-0.05, 0) is 36.8 Å². The number of aliphatic imine (C=N–C) groups is 1. The highest BCUT2D eigenvalue weighted by Crippen LogP contribution is 2.37. The molecule has 208 valence electrons. The van der Waals surface area contributed by atoms with E-state index in [2.05, 4.69) is 56.2 Å². The summed E-state index contributed by atoms with van der Waals surface area (Å²) in [6.07, 6.45) is 9.75. The third-order valence-electron chi connectivity index (χ3n) is 8.30. The lowest BCUT2D eigenvalue weighted by Gasteiger charge is -2.32. The number of carbonyl (C=O) groups is 1. The van der Waals surface area contributed by atoms with Gasteiger partial charge in [-0.15, -0.1) is 5.10 Å². The second kappa shape index (κ2) is 9.58. The molecule has 0 bridgehead atoms. The molecule has 41 heavy (non-hydrogen) atoms. The molecule has 7 rings (SSSR count). The quantitative estimate of drug-likeness (QED) is 0.308. The maximum Gasteiger partial charge on any atom is 0.291 e. The van der Waals surface area contributed by atoms with Crippen LogP contribution in [0.5, 0.6) is 0 Å². The lowest BCUT2D eigenvalue weighted by Crippen LogP contribution is -2.39. The maximum atomic E-state index is 12.8. The van der Waals surface area contributed by atoms with Crippen LogP contribution in [-0.2, 0) is 0 Å². The molecule has 1 amide bonds. The predicted molar refractivity (Wildman–Crippen MR) is 157 cm³/mol. The van der Waals surface area contributed by atoms with Crippen molar-refractivity contribution in [2.75, 3.05) is 24.6 Å². The number of fused-ring (bicyclic) bond motifs is 2. The largest absolute Gasteiger partial charge is 0.383 e. The lowest BCUT2D eigenvalue weighted by atomic mass is 9.86. The zero-order valence-corrected chi connectivity index (χ0v) is 22.9. The summed E-state index contributed by atoms with van der Waals surface area (Å²) in [6, 6.07) is 10.4. The summed E-state index contributed by atoms with van der Waals surface area (Å²) < 4.78 is 3.97. The van der Waals surface area contributed by atoms with E-state index in [1.165, 1.54) is 0 Å². The Bertz CT molecular complexity index is 1840.